The number of rotatable bonds is 11. The summed E-state index contributed by atoms with van der Waals surface area (Å²) >= 11 is 0. The summed E-state index contributed by atoms with van der Waals surface area (Å²) in [7, 11) is -0.641. The minimum Gasteiger partial charge on any atom is -0.385 e. The summed E-state index contributed by atoms with van der Waals surface area (Å²) in [4.78, 5) is 16.9. The van der Waals surface area contributed by atoms with Crippen molar-refractivity contribution in [3.05, 3.63) is 29.8 Å². The van der Waals surface area contributed by atoms with Crippen LogP contribution in [0.4, 0.5) is 5.69 Å². The van der Waals surface area contributed by atoms with Gasteiger partial charge >= 0.3 is 0 Å². The highest BCUT2D eigenvalue weighted by atomic mass is 32.2. The van der Waals surface area contributed by atoms with Crippen molar-refractivity contribution in [3.63, 3.8) is 0 Å². The molecule has 3 rings (SSSR count). The van der Waals surface area contributed by atoms with Crippen molar-refractivity contribution in [1.29, 1.82) is 0 Å². The van der Waals surface area contributed by atoms with Gasteiger partial charge in [-0.3, -0.25) is 10.0 Å². The Bertz CT molecular complexity index is 879. The number of carbonyl (C=O) groups excluding carboxylic acids is 1. The van der Waals surface area contributed by atoms with E-state index in [9.17, 15) is 18.4 Å². The number of piperidine rings is 1. The number of ether oxygens (including phenoxy) is 2. The van der Waals surface area contributed by atoms with Crippen LogP contribution in [0.25, 0.3) is 0 Å². The van der Waals surface area contributed by atoms with E-state index in [1.807, 2.05) is 0 Å². The molecule has 0 atom stereocenters. The van der Waals surface area contributed by atoms with Crippen molar-refractivity contribution >= 4 is 21.6 Å². The molecule has 0 bridgehead atoms. The van der Waals surface area contributed by atoms with Crippen LogP contribution < -0.4 is 10.4 Å². The summed E-state index contributed by atoms with van der Waals surface area (Å²) in [6.45, 7) is 4.54. The third kappa shape index (κ3) is 5.89. The zero-order chi connectivity index (χ0) is 24.6. The number of amides is 1. The Morgan fingerprint density at radius 1 is 1.00 bits per heavy atom. The molecular weight excluding hydrogens is 460 g/mol. The van der Waals surface area contributed by atoms with Gasteiger partial charge in [0.05, 0.1) is 6.61 Å². The molecule has 192 valence electrons. The fraction of sp³-hybridized carbons (Fsp3) is 0.696. The zero-order valence-electron chi connectivity index (χ0n) is 20.2. The molecule has 10 nitrogen and oxygen atoms in total. The van der Waals surface area contributed by atoms with Crippen LogP contribution in [0.1, 0.15) is 24.8 Å². The van der Waals surface area contributed by atoms with Crippen LogP contribution in [0.15, 0.2) is 24.3 Å². The van der Waals surface area contributed by atoms with Gasteiger partial charge in [0, 0.05) is 72.3 Å². The molecule has 2 aliphatic heterocycles. The zero-order valence-corrected chi connectivity index (χ0v) is 21.1. The number of hydrogen-bond donors (Lipinski definition) is 2. The number of anilines is 1. The monoisotopic (exact) mass is 498 g/mol. The number of nitrogens with zero attached hydrogens (tertiary/aromatic N) is 3. The SMILES string of the molecule is COCCCc1ccc(N2CCN(S(=O)(=O)C3(C(=O)NO)CCN(CCOC)CC3)CC2)cc1. The van der Waals surface area contributed by atoms with E-state index < -0.39 is 20.7 Å². The van der Waals surface area contributed by atoms with Gasteiger partial charge in [0.15, 0.2) is 4.75 Å². The predicted molar refractivity (Wildman–Crippen MR) is 130 cm³/mol. The van der Waals surface area contributed by atoms with E-state index in [4.69, 9.17) is 9.47 Å². The molecule has 2 heterocycles. The largest absolute Gasteiger partial charge is 0.385 e. The predicted octanol–water partition coefficient (Wildman–Crippen LogP) is 0.704. The van der Waals surface area contributed by atoms with Crippen molar-refractivity contribution in [2.45, 2.75) is 30.4 Å². The van der Waals surface area contributed by atoms with E-state index in [0.717, 1.165) is 25.1 Å². The molecule has 1 amide bonds. The normalized spacial score (nSPS) is 19.8. The van der Waals surface area contributed by atoms with Crippen LogP contribution in [0.2, 0.25) is 0 Å². The Labute approximate surface area is 202 Å². The van der Waals surface area contributed by atoms with Gasteiger partial charge in [-0.15, -0.1) is 0 Å². The Hall–Kier alpha value is -1.76. The molecule has 0 spiro atoms. The Morgan fingerprint density at radius 2 is 1.62 bits per heavy atom. The highest BCUT2D eigenvalue weighted by Crippen LogP contribution is 2.34. The number of carbonyl (C=O) groups is 1. The lowest BCUT2D eigenvalue weighted by atomic mass is 9.95. The molecule has 2 saturated heterocycles. The van der Waals surface area contributed by atoms with Gasteiger partial charge in [-0.1, -0.05) is 12.1 Å². The highest BCUT2D eigenvalue weighted by molar-refractivity contribution is 7.91. The van der Waals surface area contributed by atoms with Crippen molar-refractivity contribution in [2.24, 2.45) is 0 Å². The van der Waals surface area contributed by atoms with Gasteiger partial charge in [0.25, 0.3) is 5.91 Å². The first kappa shape index (κ1) is 26.8. The van der Waals surface area contributed by atoms with Gasteiger partial charge < -0.3 is 19.3 Å². The fourth-order valence-electron chi connectivity index (χ4n) is 4.79. The third-order valence-electron chi connectivity index (χ3n) is 6.98. The highest BCUT2D eigenvalue weighted by Gasteiger charge is 2.55. The van der Waals surface area contributed by atoms with Crippen LogP contribution in [0.3, 0.4) is 0 Å². The van der Waals surface area contributed by atoms with Gasteiger partial charge in [0.2, 0.25) is 10.0 Å². The molecule has 1 aromatic carbocycles. The lowest BCUT2D eigenvalue weighted by Crippen LogP contribution is -2.63. The van der Waals surface area contributed by atoms with Crippen molar-refractivity contribution in [2.75, 3.05) is 78.1 Å². The number of likely N-dealkylation sites (tertiary alicyclic amines) is 1. The molecule has 2 N–H and O–H groups in total. The summed E-state index contributed by atoms with van der Waals surface area (Å²) in [6.07, 6.45) is 2.20. The first-order valence-electron chi connectivity index (χ1n) is 11.9. The Kier molecular flexibility index (Phi) is 9.69. The Morgan fingerprint density at radius 3 is 2.18 bits per heavy atom. The van der Waals surface area contributed by atoms with Crippen LogP contribution >= 0.6 is 0 Å². The summed E-state index contributed by atoms with van der Waals surface area (Å²) in [5.41, 5.74) is 3.93. The smallest absolute Gasteiger partial charge is 0.266 e. The first-order valence-corrected chi connectivity index (χ1v) is 13.3. The molecule has 0 aromatic heterocycles. The first-order chi connectivity index (χ1) is 16.4. The van der Waals surface area contributed by atoms with E-state index in [-0.39, 0.29) is 12.8 Å². The Balaban J connectivity index is 1.64. The van der Waals surface area contributed by atoms with E-state index in [1.165, 1.54) is 9.87 Å². The fourth-order valence-corrected chi connectivity index (χ4v) is 6.91. The molecular formula is C23H38N4O6S. The average molecular weight is 499 g/mol. The number of nitrogens with one attached hydrogen (secondary N) is 1. The maximum absolute atomic E-state index is 13.7. The van der Waals surface area contributed by atoms with Gasteiger partial charge in [-0.2, -0.15) is 4.31 Å². The van der Waals surface area contributed by atoms with Crippen LogP contribution in [0.5, 0.6) is 0 Å². The minimum absolute atomic E-state index is 0.135. The number of methoxy groups -OCH3 is 2. The average Bonchev–Trinajstić information content (AvgIpc) is 2.88. The molecule has 11 heteroatoms. The molecule has 1 aromatic rings. The van der Waals surface area contributed by atoms with E-state index in [0.29, 0.717) is 52.4 Å². The lowest BCUT2D eigenvalue weighted by molar-refractivity contribution is -0.133. The quantitative estimate of drug-likeness (QED) is 0.261. The summed E-state index contributed by atoms with van der Waals surface area (Å²) in [6, 6.07) is 8.35. The summed E-state index contributed by atoms with van der Waals surface area (Å²) in [5.74, 6) is -0.842. The van der Waals surface area contributed by atoms with Gasteiger partial charge in [0.1, 0.15) is 0 Å². The standard InChI is InChI=1S/C23H38N4O6S/c1-32-18-3-4-20-5-7-21(8-6-20)26-13-15-27(16-14-26)34(30,31)23(22(28)24-29)9-11-25(12-10-23)17-19-33-2/h5-8,29H,3-4,9-19H2,1-2H3,(H,24,28). The number of aryl methyl sites for hydroxylation is 1. The van der Waals surface area contributed by atoms with Crippen LogP contribution in [-0.2, 0) is 30.7 Å². The molecule has 0 saturated carbocycles. The molecule has 0 aliphatic carbocycles. The summed E-state index contributed by atoms with van der Waals surface area (Å²) < 4.78 is 37.3. The van der Waals surface area contributed by atoms with Crippen molar-refractivity contribution in [1.82, 2.24) is 14.7 Å². The topological polar surface area (TPSA) is 112 Å². The maximum Gasteiger partial charge on any atom is 0.266 e. The lowest BCUT2D eigenvalue weighted by Gasteiger charge is -2.44. The summed E-state index contributed by atoms with van der Waals surface area (Å²) in [5, 5.41) is 9.37. The second kappa shape index (κ2) is 12.3. The maximum atomic E-state index is 13.7. The number of sulfonamides is 1. The number of hydrogen-bond acceptors (Lipinski definition) is 8. The van der Waals surface area contributed by atoms with Crippen molar-refractivity contribution < 1.29 is 27.9 Å². The molecule has 34 heavy (non-hydrogen) atoms. The number of hydroxylamine groups is 1. The van der Waals surface area contributed by atoms with Gasteiger partial charge in [-0.05, 0) is 43.4 Å². The van der Waals surface area contributed by atoms with Gasteiger partial charge in [-0.25, -0.2) is 13.9 Å². The van der Waals surface area contributed by atoms with Crippen LogP contribution in [0, 0.1) is 0 Å². The van der Waals surface area contributed by atoms with E-state index in [1.54, 1.807) is 19.7 Å². The molecule has 0 unspecified atom stereocenters. The van der Waals surface area contributed by atoms with Crippen molar-refractivity contribution in [3.8, 4) is 0 Å². The second-order valence-electron chi connectivity index (χ2n) is 8.92. The number of piperazine rings is 1. The van der Waals surface area contributed by atoms with E-state index >= 15 is 0 Å². The molecule has 0 radical (unpaired) electrons. The number of benzene rings is 1. The molecule has 2 fully saturated rings. The second-order valence-corrected chi connectivity index (χ2v) is 11.2. The van der Waals surface area contributed by atoms with Crippen LogP contribution in [-0.4, -0.2) is 107 Å². The molecule has 2 aliphatic rings. The van der Waals surface area contributed by atoms with E-state index in [2.05, 4.69) is 34.1 Å². The third-order valence-corrected chi connectivity index (χ3v) is 9.60. The minimum atomic E-state index is -3.96.